The van der Waals surface area contributed by atoms with E-state index in [1.807, 2.05) is 0 Å². The Morgan fingerprint density at radius 1 is 1.05 bits per heavy atom. The quantitative estimate of drug-likeness (QED) is 0.0912. The van der Waals surface area contributed by atoms with Crippen molar-refractivity contribution in [1.82, 2.24) is 9.55 Å². The van der Waals surface area contributed by atoms with Crippen LogP contribution in [0.4, 0.5) is 5.82 Å². The first-order valence-corrected chi connectivity index (χ1v) is 12.8. The Labute approximate surface area is 242 Å². The van der Waals surface area contributed by atoms with Crippen molar-refractivity contribution in [2.24, 2.45) is 5.16 Å². The monoisotopic (exact) mass is 606 g/mol. The van der Waals surface area contributed by atoms with E-state index in [1.54, 1.807) is 24.3 Å². The van der Waals surface area contributed by atoms with Gasteiger partial charge in [-0.2, -0.15) is 4.98 Å². The molecule has 2 heterocycles. The minimum absolute atomic E-state index is 0.0230. The van der Waals surface area contributed by atoms with Gasteiger partial charge in [0.2, 0.25) is 0 Å². The van der Waals surface area contributed by atoms with E-state index in [-0.39, 0.29) is 35.1 Å². The van der Waals surface area contributed by atoms with Crippen molar-refractivity contribution in [2.45, 2.75) is 37.4 Å². The molecule has 5 N–H and O–H groups in total. The number of nitrogens with zero attached hydrogens (tertiary/aromatic N) is 3. The number of hydrogen-bond acceptors (Lipinski definition) is 12. The van der Waals surface area contributed by atoms with Crippen molar-refractivity contribution in [3.63, 3.8) is 0 Å². The number of aliphatic hydroxyl groups excluding tert-OH is 2. The van der Waals surface area contributed by atoms with E-state index in [0.717, 1.165) is 4.57 Å². The van der Waals surface area contributed by atoms with Gasteiger partial charge in [0.1, 0.15) is 42.2 Å². The highest BCUT2D eigenvalue weighted by atomic mass is 35.5. The fourth-order valence-electron chi connectivity index (χ4n) is 3.98. The molecule has 1 aromatic heterocycles. The molecule has 1 unspecified atom stereocenters. The summed E-state index contributed by atoms with van der Waals surface area (Å²) in [6.45, 7) is -0.437. The van der Waals surface area contributed by atoms with E-state index in [1.165, 1.54) is 30.5 Å². The highest BCUT2D eigenvalue weighted by molar-refractivity contribution is 6.37. The number of rotatable bonds is 9. The van der Waals surface area contributed by atoms with Gasteiger partial charge < -0.3 is 35.4 Å². The second kappa shape index (κ2) is 13.1. The molecule has 13 nitrogen and oxygen atoms in total. The average molecular weight is 607 g/mol. The van der Waals surface area contributed by atoms with E-state index in [0.29, 0.717) is 16.1 Å². The fourth-order valence-corrected chi connectivity index (χ4v) is 4.48. The van der Waals surface area contributed by atoms with Crippen LogP contribution in [0.25, 0.3) is 0 Å². The topological polar surface area (TPSA) is 196 Å². The summed E-state index contributed by atoms with van der Waals surface area (Å²) in [7, 11) is 0. The molecule has 2 aromatic carbocycles. The molecule has 0 saturated carbocycles. The van der Waals surface area contributed by atoms with E-state index in [4.69, 9.17) is 43.1 Å². The number of aromatic nitrogens is 2. The SMILES string of the molecule is Nc1ccn(C2O[C@H](COC(=O)CCC(=O)Oc3ccc(/C(=N/O)c4ccc(Cl)cc4Cl)cc3)[C@@H](O)[C@H]2O)c(=O)n1. The number of carbonyl (C=O) groups excluding carboxylic acids is 2. The van der Waals surface area contributed by atoms with Crippen LogP contribution in [0.3, 0.4) is 0 Å². The second-order valence-corrected chi connectivity index (χ2v) is 9.69. The minimum atomic E-state index is -1.49. The summed E-state index contributed by atoms with van der Waals surface area (Å²) < 4.78 is 16.8. The van der Waals surface area contributed by atoms with Gasteiger partial charge in [0.25, 0.3) is 0 Å². The molecule has 3 aromatic rings. The van der Waals surface area contributed by atoms with Crippen molar-refractivity contribution in [3.8, 4) is 5.75 Å². The van der Waals surface area contributed by atoms with Gasteiger partial charge in [-0.15, -0.1) is 0 Å². The maximum absolute atomic E-state index is 12.2. The Kier molecular flexibility index (Phi) is 9.57. The van der Waals surface area contributed by atoms with Gasteiger partial charge in [-0.3, -0.25) is 14.2 Å². The van der Waals surface area contributed by atoms with Gasteiger partial charge >= 0.3 is 17.6 Å². The molecule has 0 bridgehead atoms. The van der Waals surface area contributed by atoms with E-state index >= 15 is 0 Å². The number of ether oxygens (including phenoxy) is 3. The predicted octanol–water partition coefficient (Wildman–Crippen LogP) is 1.91. The number of hydrogen-bond donors (Lipinski definition) is 4. The van der Waals surface area contributed by atoms with Crippen LogP contribution in [0.1, 0.15) is 30.2 Å². The van der Waals surface area contributed by atoms with Gasteiger partial charge in [-0.05, 0) is 48.5 Å². The summed E-state index contributed by atoms with van der Waals surface area (Å²) in [4.78, 5) is 40.0. The van der Waals surface area contributed by atoms with Crippen LogP contribution in [0, 0.1) is 0 Å². The molecule has 1 aliphatic heterocycles. The molecule has 0 spiro atoms. The number of benzene rings is 2. The van der Waals surface area contributed by atoms with Crippen LogP contribution < -0.4 is 16.2 Å². The molecule has 4 atom stereocenters. The Bertz CT molecular complexity index is 1510. The molecule has 216 valence electrons. The van der Waals surface area contributed by atoms with Gasteiger partial charge in [-0.25, -0.2) is 4.79 Å². The molecule has 41 heavy (non-hydrogen) atoms. The largest absolute Gasteiger partial charge is 0.463 e. The van der Waals surface area contributed by atoms with Crippen molar-refractivity contribution in [1.29, 1.82) is 0 Å². The van der Waals surface area contributed by atoms with Gasteiger partial charge in [-0.1, -0.05) is 28.4 Å². The highest BCUT2D eigenvalue weighted by Crippen LogP contribution is 2.29. The maximum Gasteiger partial charge on any atom is 0.351 e. The lowest BCUT2D eigenvalue weighted by atomic mass is 10.0. The summed E-state index contributed by atoms with van der Waals surface area (Å²) in [5.41, 5.74) is 5.77. The van der Waals surface area contributed by atoms with E-state index < -0.39 is 48.8 Å². The summed E-state index contributed by atoms with van der Waals surface area (Å²) >= 11 is 12.1. The van der Waals surface area contributed by atoms with Crippen LogP contribution in [0.15, 0.2) is 64.7 Å². The Balaban J connectivity index is 1.25. The van der Waals surface area contributed by atoms with Crippen LogP contribution in [-0.2, 0) is 19.1 Å². The van der Waals surface area contributed by atoms with Crippen LogP contribution in [0.2, 0.25) is 10.0 Å². The molecule has 1 saturated heterocycles. The lowest BCUT2D eigenvalue weighted by Gasteiger charge is -2.16. The van der Waals surface area contributed by atoms with Gasteiger partial charge in [0.05, 0.1) is 17.9 Å². The van der Waals surface area contributed by atoms with E-state index in [2.05, 4.69) is 10.1 Å². The van der Waals surface area contributed by atoms with Crippen LogP contribution >= 0.6 is 23.2 Å². The smallest absolute Gasteiger partial charge is 0.351 e. The first-order chi connectivity index (χ1) is 19.6. The minimum Gasteiger partial charge on any atom is -0.463 e. The van der Waals surface area contributed by atoms with Crippen molar-refractivity contribution >= 4 is 46.7 Å². The molecule has 0 aliphatic carbocycles. The summed E-state index contributed by atoms with van der Waals surface area (Å²) in [5, 5.41) is 34.0. The van der Waals surface area contributed by atoms with Gasteiger partial charge in [0.15, 0.2) is 6.23 Å². The standard InChI is InChI=1S/C26H24Cl2N4O9/c27-14-3-6-16(17(28)11-14)22(31-38)13-1-4-15(5-2-13)40-21(34)8-7-20(33)39-12-18-23(35)24(36)25(41-18)32-10-9-19(29)30-26(32)37/h1-6,9-11,18,23-25,35-36,38H,7-8,12H2,(H2,29,30,37)/b31-22-/t18-,23-,24-,25?/m1/s1. The number of carbonyl (C=O) groups is 2. The molecule has 1 fully saturated rings. The van der Waals surface area contributed by atoms with Crippen molar-refractivity contribution in [2.75, 3.05) is 12.3 Å². The molecular weight excluding hydrogens is 583 g/mol. The van der Waals surface area contributed by atoms with Crippen LogP contribution in [0.5, 0.6) is 5.75 Å². The zero-order valence-corrected chi connectivity index (χ0v) is 22.6. The average Bonchev–Trinajstić information content (AvgIpc) is 3.21. The number of halogens is 2. The zero-order valence-electron chi connectivity index (χ0n) is 21.1. The molecule has 15 heteroatoms. The Hall–Kier alpha value is -4.01. The van der Waals surface area contributed by atoms with Crippen molar-refractivity contribution in [3.05, 3.63) is 86.4 Å². The second-order valence-electron chi connectivity index (χ2n) is 8.84. The number of esters is 2. The molecule has 4 rings (SSSR count). The molecule has 0 radical (unpaired) electrons. The van der Waals surface area contributed by atoms with Crippen molar-refractivity contribution < 1.29 is 39.2 Å². The lowest BCUT2D eigenvalue weighted by molar-refractivity contribution is -0.152. The Morgan fingerprint density at radius 3 is 2.41 bits per heavy atom. The zero-order chi connectivity index (χ0) is 29.7. The molecule has 0 amide bonds. The number of nitrogen functional groups attached to an aromatic ring is 1. The normalized spacial score (nSPS) is 20.5. The number of oxime groups is 1. The third kappa shape index (κ3) is 7.20. The predicted molar refractivity (Wildman–Crippen MR) is 145 cm³/mol. The third-order valence-corrected chi connectivity index (χ3v) is 6.60. The maximum atomic E-state index is 12.2. The summed E-state index contributed by atoms with van der Waals surface area (Å²) in [5.74, 6) is -1.33. The van der Waals surface area contributed by atoms with Crippen LogP contribution in [-0.4, -0.2) is 67.5 Å². The Morgan fingerprint density at radius 2 is 1.76 bits per heavy atom. The summed E-state index contributed by atoms with van der Waals surface area (Å²) in [6, 6.07) is 12.1. The molecular formula is C26H24Cl2N4O9. The number of anilines is 1. The number of aliphatic hydroxyl groups is 2. The fraction of sp³-hybridized carbons (Fsp3) is 0.269. The lowest BCUT2D eigenvalue weighted by Crippen LogP contribution is -2.36. The first kappa shape index (κ1) is 30.0. The summed E-state index contributed by atoms with van der Waals surface area (Å²) in [6.07, 6.45) is -4.74. The highest BCUT2D eigenvalue weighted by Gasteiger charge is 2.44. The molecule has 1 aliphatic rings. The number of nitrogens with two attached hydrogens (primary N) is 1. The van der Waals surface area contributed by atoms with Gasteiger partial charge in [0, 0.05) is 22.3 Å². The third-order valence-electron chi connectivity index (χ3n) is 6.05. The van der Waals surface area contributed by atoms with E-state index in [9.17, 15) is 29.8 Å². The first-order valence-electron chi connectivity index (χ1n) is 12.1.